The van der Waals surface area contributed by atoms with Gasteiger partial charge in [0.15, 0.2) is 0 Å². The summed E-state index contributed by atoms with van der Waals surface area (Å²) in [4.78, 5) is 0. The van der Waals surface area contributed by atoms with Crippen LogP contribution in [0.15, 0.2) is 45.3 Å². The van der Waals surface area contributed by atoms with Gasteiger partial charge in [-0.15, -0.1) is 11.6 Å². The van der Waals surface area contributed by atoms with E-state index < -0.39 is 12.2 Å². The molecule has 2 atom stereocenters. The molecule has 2 rings (SSSR count). The molecule has 5 nitrogen and oxygen atoms in total. The fourth-order valence-corrected chi connectivity index (χ4v) is 4.17. The molecule has 0 saturated heterocycles. The second-order valence-corrected chi connectivity index (χ2v) is 9.20. The normalized spacial score (nSPS) is 13.8. The summed E-state index contributed by atoms with van der Waals surface area (Å²) < 4.78 is 12.7. The molecule has 0 aromatic heterocycles. The quantitative estimate of drug-likeness (QED) is 0.384. The van der Waals surface area contributed by atoms with Crippen LogP contribution in [0.3, 0.4) is 0 Å². The van der Waals surface area contributed by atoms with Gasteiger partial charge in [0, 0.05) is 5.41 Å². The van der Waals surface area contributed by atoms with Gasteiger partial charge in [-0.1, -0.05) is 26.0 Å². The summed E-state index contributed by atoms with van der Waals surface area (Å²) in [6.45, 7) is 4.04. The van der Waals surface area contributed by atoms with Crippen molar-refractivity contribution >= 4 is 43.5 Å². The molecule has 2 aromatic rings. The zero-order valence-electron chi connectivity index (χ0n) is 16.2. The number of halogens is 3. The number of aliphatic hydroxyl groups excluding tert-OH is 3. The highest BCUT2D eigenvalue weighted by Gasteiger charge is 2.25. The van der Waals surface area contributed by atoms with E-state index >= 15 is 0 Å². The van der Waals surface area contributed by atoms with Crippen molar-refractivity contribution in [3.05, 3.63) is 56.5 Å². The Morgan fingerprint density at radius 2 is 1.48 bits per heavy atom. The Bertz CT molecular complexity index is 775. The lowest BCUT2D eigenvalue weighted by atomic mass is 9.78. The predicted octanol–water partition coefficient (Wildman–Crippen LogP) is 4.25. The first-order valence-electron chi connectivity index (χ1n) is 9.07. The van der Waals surface area contributed by atoms with Gasteiger partial charge in [-0.05, 0) is 67.3 Å². The van der Waals surface area contributed by atoms with Crippen molar-refractivity contribution in [2.75, 3.05) is 25.7 Å². The Balaban J connectivity index is 2.19. The number of hydrogen-bond acceptors (Lipinski definition) is 5. The highest BCUT2D eigenvalue weighted by molar-refractivity contribution is 9.11. The first-order chi connectivity index (χ1) is 13.7. The molecule has 0 amide bonds. The van der Waals surface area contributed by atoms with Gasteiger partial charge in [0.1, 0.15) is 36.9 Å². The van der Waals surface area contributed by atoms with Crippen molar-refractivity contribution in [3.63, 3.8) is 0 Å². The SMILES string of the molecule is CC(C)(c1ccc(OCC(O)CO)cc1)c1cc(Br)c(OCC(O)CCl)c(Br)c1. The molecule has 0 bridgehead atoms. The third-order valence-corrected chi connectivity index (χ3v) is 6.08. The molecule has 160 valence electrons. The number of aliphatic hydroxyl groups is 3. The maximum atomic E-state index is 9.61. The molecule has 0 radical (unpaired) electrons. The molecule has 0 spiro atoms. The summed E-state index contributed by atoms with van der Waals surface area (Å²) in [5.74, 6) is 1.35. The van der Waals surface area contributed by atoms with E-state index in [-0.39, 0.29) is 31.1 Å². The van der Waals surface area contributed by atoms with E-state index in [2.05, 4.69) is 45.7 Å². The lowest BCUT2D eigenvalue weighted by Gasteiger charge is -2.27. The van der Waals surface area contributed by atoms with Gasteiger partial charge in [0.05, 0.1) is 21.4 Å². The third kappa shape index (κ3) is 6.57. The van der Waals surface area contributed by atoms with Gasteiger partial charge in [-0.2, -0.15) is 0 Å². The van der Waals surface area contributed by atoms with Gasteiger partial charge < -0.3 is 24.8 Å². The first kappa shape index (κ1) is 24.4. The van der Waals surface area contributed by atoms with Crippen molar-refractivity contribution in [3.8, 4) is 11.5 Å². The highest BCUT2D eigenvalue weighted by Crippen LogP contribution is 2.41. The molecule has 0 fully saturated rings. The monoisotopic (exact) mass is 550 g/mol. The Kier molecular flexibility index (Phi) is 9.25. The second kappa shape index (κ2) is 11.0. The maximum absolute atomic E-state index is 9.61. The van der Waals surface area contributed by atoms with Crippen LogP contribution in [0.25, 0.3) is 0 Å². The van der Waals surface area contributed by atoms with E-state index in [1.54, 1.807) is 0 Å². The minimum atomic E-state index is -0.896. The molecule has 0 saturated carbocycles. The van der Waals surface area contributed by atoms with Gasteiger partial charge in [0.25, 0.3) is 0 Å². The van der Waals surface area contributed by atoms with Crippen LogP contribution in [0.4, 0.5) is 0 Å². The largest absolute Gasteiger partial charge is 0.491 e. The molecule has 2 aromatic carbocycles. The summed E-state index contributed by atoms with van der Waals surface area (Å²) >= 11 is 12.7. The van der Waals surface area contributed by atoms with Crippen molar-refractivity contribution in [1.29, 1.82) is 0 Å². The smallest absolute Gasteiger partial charge is 0.147 e. The molecule has 8 heteroatoms. The van der Waals surface area contributed by atoms with Gasteiger partial charge >= 0.3 is 0 Å². The Morgan fingerprint density at radius 3 is 2.00 bits per heavy atom. The Morgan fingerprint density at radius 1 is 0.931 bits per heavy atom. The van der Waals surface area contributed by atoms with E-state index in [4.69, 9.17) is 26.2 Å². The van der Waals surface area contributed by atoms with Crippen LogP contribution in [0.1, 0.15) is 25.0 Å². The number of rotatable bonds is 10. The van der Waals surface area contributed by atoms with Crippen molar-refractivity contribution in [2.45, 2.75) is 31.5 Å². The Labute approximate surface area is 192 Å². The molecular weight excluding hydrogens is 527 g/mol. The second-order valence-electron chi connectivity index (χ2n) is 7.18. The van der Waals surface area contributed by atoms with Crippen molar-refractivity contribution < 1.29 is 24.8 Å². The molecule has 3 N–H and O–H groups in total. The molecule has 0 heterocycles. The minimum absolute atomic E-state index is 0.0407. The fraction of sp³-hybridized carbons (Fsp3) is 0.429. The van der Waals surface area contributed by atoms with Crippen LogP contribution in [0, 0.1) is 0 Å². The predicted molar refractivity (Wildman–Crippen MR) is 121 cm³/mol. The maximum Gasteiger partial charge on any atom is 0.147 e. The van der Waals surface area contributed by atoms with Gasteiger partial charge in [0.2, 0.25) is 0 Å². The van der Waals surface area contributed by atoms with E-state index in [9.17, 15) is 10.2 Å². The molecule has 0 aliphatic heterocycles. The van der Waals surface area contributed by atoms with Crippen LogP contribution in [-0.4, -0.2) is 53.2 Å². The average Bonchev–Trinajstić information content (AvgIpc) is 2.71. The summed E-state index contributed by atoms with van der Waals surface area (Å²) in [6.07, 6.45) is -1.63. The highest BCUT2D eigenvalue weighted by atomic mass is 79.9. The molecule has 29 heavy (non-hydrogen) atoms. The van der Waals surface area contributed by atoms with Crippen molar-refractivity contribution in [2.24, 2.45) is 0 Å². The fourth-order valence-electron chi connectivity index (χ4n) is 2.66. The Hall–Kier alpha value is -0.830. The van der Waals surface area contributed by atoms with E-state index in [0.29, 0.717) is 11.5 Å². The van der Waals surface area contributed by atoms with Gasteiger partial charge in [-0.3, -0.25) is 0 Å². The summed E-state index contributed by atoms with van der Waals surface area (Å²) in [5, 5.41) is 27.9. The lowest BCUT2D eigenvalue weighted by Crippen LogP contribution is -2.22. The molecule has 0 aliphatic rings. The standard InChI is InChI=1S/C21H25Br2ClO5/c1-21(2,13-3-5-17(6-4-13)28-12-16(27)10-25)14-7-18(22)20(19(23)8-14)29-11-15(26)9-24/h3-8,15-16,25-27H,9-12H2,1-2H3. The molecule has 0 aliphatic carbocycles. The van der Waals surface area contributed by atoms with E-state index in [1.807, 2.05) is 36.4 Å². The number of benzene rings is 2. The van der Waals surface area contributed by atoms with Crippen molar-refractivity contribution in [1.82, 2.24) is 0 Å². The zero-order valence-corrected chi connectivity index (χ0v) is 20.2. The lowest BCUT2D eigenvalue weighted by molar-refractivity contribution is 0.0536. The number of hydrogen-bond donors (Lipinski definition) is 3. The number of alkyl halides is 1. The van der Waals surface area contributed by atoms with Gasteiger partial charge in [-0.25, -0.2) is 0 Å². The topological polar surface area (TPSA) is 79.2 Å². The summed E-state index contributed by atoms with van der Waals surface area (Å²) in [5.41, 5.74) is 1.84. The van der Waals surface area contributed by atoms with Crippen LogP contribution < -0.4 is 9.47 Å². The zero-order chi connectivity index (χ0) is 21.6. The molecule has 2 unspecified atom stereocenters. The summed E-state index contributed by atoms with van der Waals surface area (Å²) in [6, 6.07) is 11.6. The summed E-state index contributed by atoms with van der Waals surface area (Å²) in [7, 11) is 0. The minimum Gasteiger partial charge on any atom is -0.491 e. The van der Waals surface area contributed by atoms with E-state index in [1.165, 1.54) is 0 Å². The third-order valence-electron chi connectivity index (χ3n) is 4.55. The number of ether oxygens (including phenoxy) is 2. The van der Waals surface area contributed by atoms with Crippen LogP contribution >= 0.6 is 43.5 Å². The van der Waals surface area contributed by atoms with E-state index in [0.717, 1.165) is 20.1 Å². The average molecular weight is 553 g/mol. The van der Waals surface area contributed by atoms with Crippen LogP contribution in [-0.2, 0) is 5.41 Å². The first-order valence-corrected chi connectivity index (χ1v) is 11.2. The molecular formula is C21H25Br2ClO5. The van der Waals surface area contributed by atoms with Crippen LogP contribution in [0.2, 0.25) is 0 Å². The van der Waals surface area contributed by atoms with Crippen LogP contribution in [0.5, 0.6) is 11.5 Å².